The highest BCUT2D eigenvalue weighted by molar-refractivity contribution is 7.98. The van der Waals surface area contributed by atoms with Gasteiger partial charge in [0.2, 0.25) is 0 Å². The van der Waals surface area contributed by atoms with E-state index in [1.165, 1.54) is 0 Å². The predicted molar refractivity (Wildman–Crippen MR) is 96.9 cm³/mol. The zero-order valence-corrected chi connectivity index (χ0v) is 14.1. The van der Waals surface area contributed by atoms with Crippen LogP contribution in [-0.2, 0) is 6.54 Å². The Labute approximate surface area is 145 Å². The van der Waals surface area contributed by atoms with Gasteiger partial charge in [0, 0.05) is 35.6 Å². The standard InChI is InChI=1S/C19H17N3OS/c1-24-18-5-3-2-4-16(18)19(23)22-13-14-6-11-21-17(12-14)15-7-9-20-10-8-15/h2-12H,13H2,1H3,(H,22,23). The summed E-state index contributed by atoms with van der Waals surface area (Å²) >= 11 is 1.57. The van der Waals surface area contributed by atoms with Gasteiger partial charge in [0.15, 0.2) is 0 Å². The molecule has 0 saturated heterocycles. The molecule has 0 unspecified atom stereocenters. The van der Waals surface area contributed by atoms with Crippen molar-refractivity contribution in [1.82, 2.24) is 15.3 Å². The average molecular weight is 335 g/mol. The molecule has 0 aliphatic heterocycles. The number of rotatable bonds is 5. The average Bonchev–Trinajstić information content (AvgIpc) is 2.67. The minimum absolute atomic E-state index is 0.0674. The molecule has 2 aromatic heterocycles. The number of carbonyl (C=O) groups excluding carboxylic acids is 1. The SMILES string of the molecule is CSc1ccccc1C(=O)NCc1ccnc(-c2ccncc2)c1. The topological polar surface area (TPSA) is 54.9 Å². The second-order valence-electron chi connectivity index (χ2n) is 5.17. The number of hydrogen-bond donors (Lipinski definition) is 1. The number of nitrogens with one attached hydrogen (secondary N) is 1. The van der Waals surface area contributed by atoms with Gasteiger partial charge in [-0.25, -0.2) is 0 Å². The van der Waals surface area contributed by atoms with Crippen LogP contribution < -0.4 is 5.32 Å². The molecule has 3 aromatic rings. The summed E-state index contributed by atoms with van der Waals surface area (Å²) in [5, 5.41) is 2.98. The van der Waals surface area contributed by atoms with Gasteiger partial charge in [0.05, 0.1) is 11.3 Å². The van der Waals surface area contributed by atoms with Crippen LogP contribution in [0.2, 0.25) is 0 Å². The van der Waals surface area contributed by atoms with Crippen molar-refractivity contribution in [3.8, 4) is 11.3 Å². The Kier molecular flexibility index (Phi) is 5.23. The van der Waals surface area contributed by atoms with Gasteiger partial charge >= 0.3 is 0 Å². The number of thioether (sulfide) groups is 1. The summed E-state index contributed by atoms with van der Waals surface area (Å²) in [5.74, 6) is -0.0674. The molecule has 0 fully saturated rings. The zero-order valence-electron chi connectivity index (χ0n) is 13.3. The third-order valence-electron chi connectivity index (χ3n) is 3.61. The molecule has 1 N–H and O–H groups in total. The van der Waals surface area contributed by atoms with E-state index in [-0.39, 0.29) is 5.91 Å². The Morgan fingerprint density at radius 3 is 2.67 bits per heavy atom. The lowest BCUT2D eigenvalue weighted by Gasteiger charge is -2.09. The number of benzene rings is 1. The first-order valence-corrected chi connectivity index (χ1v) is 8.77. The van der Waals surface area contributed by atoms with Gasteiger partial charge in [0.1, 0.15) is 0 Å². The molecule has 120 valence electrons. The Hall–Kier alpha value is -2.66. The monoisotopic (exact) mass is 335 g/mol. The smallest absolute Gasteiger partial charge is 0.252 e. The summed E-state index contributed by atoms with van der Waals surface area (Å²) in [6.07, 6.45) is 7.21. The first-order valence-electron chi connectivity index (χ1n) is 7.54. The van der Waals surface area contributed by atoms with E-state index in [9.17, 15) is 4.79 Å². The van der Waals surface area contributed by atoms with E-state index in [1.54, 1.807) is 30.4 Å². The number of pyridine rings is 2. The summed E-state index contributed by atoms with van der Waals surface area (Å²) in [6, 6.07) is 15.3. The molecular weight excluding hydrogens is 318 g/mol. The summed E-state index contributed by atoms with van der Waals surface area (Å²) in [4.78, 5) is 21.8. The number of nitrogens with zero attached hydrogens (tertiary/aromatic N) is 2. The maximum absolute atomic E-state index is 12.4. The fourth-order valence-electron chi connectivity index (χ4n) is 2.37. The molecule has 0 aliphatic carbocycles. The van der Waals surface area contributed by atoms with Crippen LogP contribution in [-0.4, -0.2) is 22.1 Å². The van der Waals surface area contributed by atoms with Crippen molar-refractivity contribution in [2.24, 2.45) is 0 Å². The number of carbonyl (C=O) groups is 1. The second-order valence-corrected chi connectivity index (χ2v) is 6.02. The lowest BCUT2D eigenvalue weighted by atomic mass is 10.1. The van der Waals surface area contributed by atoms with E-state index in [2.05, 4.69) is 15.3 Å². The van der Waals surface area contributed by atoms with Gasteiger partial charge in [-0.05, 0) is 48.2 Å². The largest absolute Gasteiger partial charge is 0.348 e. The van der Waals surface area contributed by atoms with Crippen molar-refractivity contribution < 1.29 is 4.79 Å². The lowest BCUT2D eigenvalue weighted by Crippen LogP contribution is -2.23. The molecule has 5 heteroatoms. The van der Waals surface area contributed by atoms with E-state index in [4.69, 9.17) is 0 Å². The molecule has 0 bridgehead atoms. The first kappa shape index (κ1) is 16.2. The molecule has 2 heterocycles. The number of amides is 1. The Balaban J connectivity index is 1.72. The zero-order chi connectivity index (χ0) is 16.8. The van der Waals surface area contributed by atoms with Crippen LogP contribution in [0, 0.1) is 0 Å². The van der Waals surface area contributed by atoms with E-state index in [1.807, 2.05) is 54.8 Å². The summed E-state index contributed by atoms with van der Waals surface area (Å²) < 4.78 is 0. The number of aromatic nitrogens is 2. The Bertz CT molecular complexity index is 837. The molecule has 0 aliphatic rings. The molecule has 3 rings (SSSR count). The molecule has 1 aromatic carbocycles. The molecular formula is C19H17N3OS. The van der Waals surface area contributed by atoms with Crippen LogP contribution in [0.4, 0.5) is 0 Å². The highest BCUT2D eigenvalue weighted by atomic mass is 32.2. The highest BCUT2D eigenvalue weighted by Crippen LogP contribution is 2.20. The third kappa shape index (κ3) is 3.81. The van der Waals surface area contributed by atoms with Crippen LogP contribution in [0.1, 0.15) is 15.9 Å². The molecule has 24 heavy (non-hydrogen) atoms. The van der Waals surface area contributed by atoms with Gasteiger partial charge in [0.25, 0.3) is 5.91 Å². The second kappa shape index (κ2) is 7.75. The van der Waals surface area contributed by atoms with Gasteiger partial charge in [-0.1, -0.05) is 12.1 Å². The maximum atomic E-state index is 12.4. The summed E-state index contributed by atoms with van der Waals surface area (Å²) in [5.41, 5.74) is 3.58. The highest BCUT2D eigenvalue weighted by Gasteiger charge is 2.10. The van der Waals surface area contributed by atoms with Crippen LogP contribution in [0.25, 0.3) is 11.3 Å². The van der Waals surface area contributed by atoms with E-state index in [0.29, 0.717) is 12.1 Å². The molecule has 0 saturated carbocycles. The molecule has 0 atom stereocenters. The van der Waals surface area contributed by atoms with Crippen LogP contribution in [0.15, 0.2) is 72.0 Å². The molecule has 1 amide bonds. The van der Waals surface area contributed by atoms with Gasteiger partial charge in [-0.15, -0.1) is 11.8 Å². The Morgan fingerprint density at radius 1 is 1.08 bits per heavy atom. The molecule has 4 nitrogen and oxygen atoms in total. The van der Waals surface area contributed by atoms with Crippen LogP contribution in [0.3, 0.4) is 0 Å². The molecule has 0 spiro atoms. The van der Waals surface area contributed by atoms with Crippen molar-refractivity contribution in [3.05, 3.63) is 78.2 Å². The Morgan fingerprint density at radius 2 is 1.88 bits per heavy atom. The summed E-state index contributed by atoms with van der Waals surface area (Å²) in [7, 11) is 0. The van der Waals surface area contributed by atoms with Crippen molar-refractivity contribution >= 4 is 17.7 Å². The van der Waals surface area contributed by atoms with Gasteiger partial charge < -0.3 is 5.32 Å². The minimum Gasteiger partial charge on any atom is -0.348 e. The predicted octanol–water partition coefficient (Wildman–Crippen LogP) is 3.80. The lowest BCUT2D eigenvalue weighted by molar-refractivity contribution is 0.0948. The van der Waals surface area contributed by atoms with Crippen molar-refractivity contribution in [1.29, 1.82) is 0 Å². The molecule has 0 radical (unpaired) electrons. The number of hydrogen-bond acceptors (Lipinski definition) is 4. The first-order chi connectivity index (χ1) is 11.8. The third-order valence-corrected chi connectivity index (χ3v) is 4.40. The normalized spacial score (nSPS) is 10.4. The van der Waals surface area contributed by atoms with Crippen LogP contribution >= 0.6 is 11.8 Å². The quantitative estimate of drug-likeness (QED) is 0.721. The van der Waals surface area contributed by atoms with Crippen molar-refractivity contribution in [2.75, 3.05) is 6.26 Å². The fourth-order valence-corrected chi connectivity index (χ4v) is 2.97. The van der Waals surface area contributed by atoms with Crippen LogP contribution in [0.5, 0.6) is 0 Å². The van der Waals surface area contributed by atoms with Gasteiger partial charge in [-0.2, -0.15) is 0 Å². The maximum Gasteiger partial charge on any atom is 0.252 e. The van der Waals surface area contributed by atoms with E-state index >= 15 is 0 Å². The minimum atomic E-state index is -0.0674. The van der Waals surface area contributed by atoms with Gasteiger partial charge in [-0.3, -0.25) is 14.8 Å². The van der Waals surface area contributed by atoms with E-state index < -0.39 is 0 Å². The van der Waals surface area contributed by atoms with Crippen molar-refractivity contribution in [3.63, 3.8) is 0 Å². The summed E-state index contributed by atoms with van der Waals surface area (Å²) in [6.45, 7) is 0.460. The van der Waals surface area contributed by atoms with Crippen molar-refractivity contribution in [2.45, 2.75) is 11.4 Å². The van der Waals surface area contributed by atoms with E-state index in [0.717, 1.165) is 21.7 Å². The fraction of sp³-hybridized carbons (Fsp3) is 0.105.